The lowest BCUT2D eigenvalue weighted by Crippen LogP contribution is -2.37. The van der Waals surface area contributed by atoms with Gasteiger partial charge in [0.15, 0.2) is 0 Å². The molecule has 100 valence electrons. The van der Waals surface area contributed by atoms with Crippen molar-refractivity contribution in [2.45, 2.75) is 32.7 Å². The molecule has 1 aliphatic rings. The number of piperidine rings is 1. The Morgan fingerprint density at radius 1 is 1.33 bits per heavy atom. The highest BCUT2D eigenvalue weighted by molar-refractivity contribution is 5.46. The number of anilines is 1. The van der Waals surface area contributed by atoms with E-state index in [9.17, 15) is 4.39 Å². The van der Waals surface area contributed by atoms with Gasteiger partial charge in [-0.15, -0.1) is 0 Å². The fourth-order valence-corrected chi connectivity index (χ4v) is 2.63. The Hall–Kier alpha value is -1.09. The largest absolute Gasteiger partial charge is 0.380 e. The molecular weight excluding hydrogens is 227 g/mol. The van der Waals surface area contributed by atoms with Gasteiger partial charge < -0.3 is 10.2 Å². The van der Waals surface area contributed by atoms with Crippen LogP contribution in [-0.2, 0) is 0 Å². The molecule has 3 heteroatoms. The monoisotopic (exact) mass is 250 g/mol. The molecule has 1 aromatic rings. The van der Waals surface area contributed by atoms with Gasteiger partial charge in [0.1, 0.15) is 5.82 Å². The van der Waals surface area contributed by atoms with E-state index in [4.69, 9.17) is 0 Å². The molecule has 1 fully saturated rings. The Labute approximate surface area is 109 Å². The average Bonchev–Trinajstić information content (AvgIpc) is 2.33. The third-order valence-electron chi connectivity index (χ3n) is 3.98. The van der Waals surface area contributed by atoms with Crippen molar-refractivity contribution in [1.29, 1.82) is 0 Å². The molecule has 2 nitrogen and oxygen atoms in total. The molecule has 1 saturated heterocycles. The van der Waals surface area contributed by atoms with Gasteiger partial charge in [-0.3, -0.25) is 0 Å². The third kappa shape index (κ3) is 3.22. The fraction of sp³-hybridized carbons (Fsp3) is 0.600. The van der Waals surface area contributed by atoms with Crippen molar-refractivity contribution in [3.05, 3.63) is 29.6 Å². The number of benzene rings is 1. The van der Waals surface area contributed by atoms with Gasteiger partial charge >= 0.3 is 0 Å². The predicted molar refractivity (Wildman–Crippen MR) is 74.4 cm³/mol. The van der Waals surface area contributed by atoms with E-state index in [1.54, 1.807) is 6.07 Å². The van der Waals surface area contributed by atoms with Gasteiger partial charge in [0, 0.05) is 6.04 Å². The van der Waals surface area contributed by atoms with Crippen LogP contribution in [0.25, 0.3) is 0 Å². The van der Waals surface area contributed by atoms with E-state index in [-0.39, 0.29) is 5.82 Å². The molecule has 1 unspecified atom stereocenters. The van der Waals surface area contributed by atoms with E-state index in [1.165, 1.54) is 12.8 Å². The van der Waals surface area contributed by atoms with Crippen LogP contribution in [0, 0.1) is 18.7 Å². The Morgan fingerprint density at radius 3 is 2.61 bits per heavy atom. The van der Waals surface area contributed by atoms with Crippen LogP contribution in [0.5, 0.6) is 0 Å². The molecule has 0 bridgehead atoms. The molecule has 1 N–H and O–H groups in total. The van der Waals surface area contributed by atoms with Gasteiger partial charge in [0.25, 0.3) is 0 Å². The second kappa shape index (κ2) is 5.70. The maximum atomic E-state index is 13.8. The summed E-state index contributed by atoms with van der Waals surface area (Å²) >= 11 is 0. The molecule has 1 atom stereocenters. The van der Waals surface area contributed by atoms with Gasteiger partial charge in [-0.1, -0.05) is 6.07 Å². The van der Waals surface area contributed by atoms with Crippen LogP contribution >= 0.6 is 0 Å². The second-order valence-electron chi connectivity index (χ2n) is 5.56. The predicted octanol–water partition coefficient (Wildman–Crippen LogP) is 3.28. The molecule has 1 aliphatic heterocycles. The summed E-state index contributed by atoms with van der Waals surface area (Å²) in [6, 6.07) is 5.71. The topological polar surface area (TPSA) is 15.3 Å². The van der Waals surface area contributed by atoms with Gasteiger partial charge in [-0.25, -0.2) is 4.39 Å². The van der Waals surface area contributed by atoms with Crippen LogP contribution in [0.2, 0.25) is 0 Å². The Balaban J connectivity index is 1.96. The van der Waals surface area contributed by atoms with E-state index < -0.39 is 0 Å². The highest BCUT2D eigenvalue weighted by atomic mass is 19.1. The lowest BCUT2D eigenvalue weighted by molar-refractivity contribution is 0.208. The van der Waals surface area contributed by atoms with Crippen molar-refractivity contribution in [1.82, 2.24) is 4.90 Å². The number of hydrogen-bond donors (Lipinski definition) is 1. The van der Waals surface area contributed by atoms with Crippen molar-refractivity contribution in [2.75, 3.05) is 25.5 Å². The SMILES string of the molecule is Cc1ccc(NC(C)C2CCN(C)CC2)c(F)c1. The lowest BCUT2D eigenvalue weighted by atomic mass is 9.90. The molecule has 0 saturated carbocycles. The highest BCUT2D eigenvalue weighted by Crippen LogP contribution is 2.24. The maximum Gasteiger partial charge on any atom is 0.146 e. The molecule has 2 rings (SSSR count). The minimum Gasteiger partial charge on any atom is -0.380 e. The number of aryl methyl sites for hydroxylation is 1. The van der Waals surface area contributed by atoms with Gasteiger partial charge in [-0.05, 0) is 70.4 Å². The summed E-state index contributed by atoms with van der Waals surface area (Å²) in [6.07, 6.45) is 2.39. The summed E-state index contributed by atoms with van der Waals surface area (Å²) in [5.41, 5.74) is 1.59. The van der Waals surface area contributed by atoms with E-state index in [0.29, 0.717) is 17.6 Å². The van der Waals surface area contributed by atoms with Gasteiger partial charge in [-0.2, -0.15) is 0 Å². The number of hydrogen-bond acceptors (Lipinski definition) is 2. The minimum absolute atomic E-state index is 0.144. The van der Waals surface area contributed by atoms with Crippen molar-refractivity contribution in [3.63, 3.8) is 0 Å². The first-order chi connectivity index (χ1) is 8.56. The van der Waals surface area contributed by atoms with Crippen LogP contribution in [-0.4, -0.2) is 31.1 Å². The zero-order valence-electron chi connectivity index (χ0n) is 11.5. The Morgan fingerprint density at radius 2 is 2.00 bits per heavy atom. The lowest BCUT2D eigenvalue weighted by Gasteiger charge is -2.33. The van der Waals surface area contributed by atoms with E-state index in [2.05, 4.69) is 24.2 Å². The zero-order chi connectivity index (χ0) is 13.1. The summed E-state index contributed by atoms with van der Waals surface area (Å²) in [6.45, 7) is 6.36. The summed E-state index contributed by atoms with van der Waals surface area (Å²) < 4.78 is 13.8. The summed E-state index contributed by atoms with van der Waals surface area (Å²) in [5.74, 6) is 0.497. The van der Waals surface area contributed by atoms with Crippen molar-refractivity contribution in [2.24, 2.45) is 5.92 Å². The second-order valence-corrected chi connectivity index (χ2v) is 5.56. The smallest absolute Gasteiger partial charge is 0.146 e. The maximum absolute atomic E-state index is 13.8. The standard InChI is InChI=1S/C15H23FN2/c1-11-4-5-15(14(16)10-11)17-12(2)13-6-8-18(3)9-7-13/h4-5,10,12-13,17H,6-9H2,1-3H3. The first-order valence-corrected chi connectivity index (χ1v) is 6.77. The van der Waals surface area contributed by atoms with Crippen molar-refractivity contribution < 1.29 is 4.39 Å². The quantitative estimate of drug-likeness (QED) is 0.885. The summed E-state index contributed by atoms with van der Waals surface area (Å²) in [7, 11) is 2.16. The van der Waals surface area contributed by atoms with Crippen LogP contribution in [0.3, 0.4) is 0 Å². The molecule has 1 heterocycles. The van der Waals surface area contributed by atoms with Crippen LogP contribution in [0.4, 0.5) is 10.1 Å². The Kier molecular flexibility index (Phi) is 4.23. The zero-order valence-corrected chi connectivity index (χ0v) is 11.5. The molecule has 0 spiro atoms. The van der Waals surface area contributed by atoms with Crippen molar-refractivity contribution in [3.8, 4) is 0 Å². The van der Waals surface area contributed by atoms with Crippen LogP contribution in [0.15, 0.2) is 18.2 Å². The molecular formula is C15H23FN2. The summed E-state index contributed by atoms with van der Waals surface area (Å²) in [5, 5.41) is 3.33. The highest BCUT2D eigenvalue weighted by Gasteiger charge is 2.22. The molecule has 0 radical (unpaired) electrons. The first kappa shape index (κ1) is 13.3. The number of rotatable bonds is 3. The first-order valence-electron chi connectivity index (χ1n) is 6.77. The number of nitrogens with zero attached hydrogens (tertiary/aromatic N) is 1. The summed E-state index contributed by atoms with van der Waals surface area (Å²) in [4.78, 5) is 2.36. The molecule has 0 aliphatic carbocycles. The average molecular weight is 250 g/mol. The van der Waals surface area contributed by atoms with Gasteiger partial charge in [0.05, 0.1) is 5.69 Å². The minimum atomic E-state index is -0.144. The molecule has 0 amide bonds. The third-order valence-corrected chi connectivity index (χ3v) is 3.98. The van der Waals surface area contributed by atoms with Gasteiger partial charge in [0.2, 0.25) is 0 Å². The van der Waals surface area contributed by atoms with Crippen LogP contribution in [0.1, 0.15) is 25.3 Å². The number of likely N-dealkylation sites (tertiary alicyclic amines) is 1. The van der Waals surface area contributed by atoms with E-state index in [1.807, 2.05) is 19.1 Å². The number of nitrogens with one attached hydrogen (secondary N) is 1. The normalized spacial score (nSPS) is 19.8. The number of halogens is 1. The van der Waals surface area contributed by atoms with E-state index in [0.717, 1.165) is 18.7 Å². The molecule has 1 aromatic carbocycles. The van der Waals surface area contributed by atoms with E-state index >= 15 is 0 Å². The molecule has 18 heavy (non-hydrogen) atoms. The Bertz CT molecular complexity index is 397. The van der Waals surface area contributed by atoms with Crippen LogP contribution < -0.4 is 5.32 Å². The molecule has 0 aromatic heterocycles. The fourth-order valence-electron chi connectivity index (χ4n) is 2.63. The van der Waals surface area contributed by atoms with Crippen molar-refractivity contribution >= 4 is 5.69 Å².